The van der Waals surface area contributed by atoms with Gasteiger partial charge >= 0.3 is 0 Å². The van der Waals surface area contributed by atoms with Crippen molar-refractivity contribution in [1.82, 2.24) is 4.90 Å². The molecule has 3 fully saturated rings. The summed E-state index contributed by atoms with van der Waals surface area (Å²) < 4.78 is 11.7. The van der Waals surface area contributed by atoms with Gasteiger partial charge in [0, 0.05) is 56.7 Å². The van der Waals surface area contributed by atoms with E-state index in [0.29, 0.717) is 6.42 Å². The number of piperazine rings is 1. The summed E-state index contributed by atoms with van der Waals surface area (Å²) in [4.78, 5) is 17.0. The standard InChI is InChI=1S/C23H34N2O3/c1-2-22(26)20-4-3-5-21(18-20)25-14-12-24(13-15-25)11-8-19-6-9-23(10-7-19)27-16-17-28-23/h3-5,18-19H,2,6-17H2,1H3. The third-order valence-corrected chi connectivity index (χ3v) is 6.76. The monoisotopic (exact) mass is 386 g/mol. The third kappa shape index (κ3) is 4.58. The van der Waals surface area contributed by atoms with Crippen molar-refractivity contribution in [3.05, 3.63) is 29.8 Å². The van der Waals surface area contributed by atoms with Crippen LogP contribution in [0.1, 0.15) is 55.8 Å². The number of anilines is 1. The zero-order chi connectivity index (χ0) is 19.4. The molecule has 0 amide bonds. The van der Waals surface area contributed by atoms with Crippen LogP contribution >= 0.6 is 0 Å². The summed E-state index contributed by atoms with van der Waals surface area (Å²) in [5.74, 6) is 0.812. The maximum absolute atomic E-state index is 12.0. The van der Waals surface area contributed by atoms with Crippen molar-refractivity contribution in [2.24, 2.45) is 5.92 Å². The van der Waals surface area contributed by atoms with E-state index in [1.165, 1.54) is 31.5 Å². The van der Waals surface area contributed by atoms with Crippen LogP contribution in [0.4, 0.5) is 5.69 Å². The molecule has 3 aliphatic rings. The number of Topliss-reactive ketones (excluding diaryl/α,β-unsaturated/α-hetero) is 1. The Labute approximate surface area is 169 Å². The smallest absolute Gasteiger partial charge is 0.168 e. The van der Waals surface area contributed by atoms with E-state index in [0.717, 1.165) is 63.7 Å². The van der Waals surface area contributed by atoms with Crippen molar-refractivity contribution in [1.29, 1.82) is 0 Å². The van der Waals surface area contributed by atoms with Crippen LogP contribution in [-0.4, -0.2) is 62.4 Å². The lowest BCUT2D eigenvalue weighted by Crippen LogP contribution is -2.47. The molecule has 0 aromatic heterocycles. The Kier molecular flexibility index (Phi) is 6.34. The molecule has 2 heterocycles. The number of rotatable bonds is 6. The van der Waals surface area contributed by atoms with Gasteiger partial charge in [0.1, 0.15) is 0 Å². The van der Waals surface area contributed by atoms with Gasteiger partial charge in [-0.15, -0.1) is 0 Å². The van der Waals surface area contributed by atoms with E-state index in [-0.39, 0.29) is 11.6 Å². The van der Waals surface area contributed by atoms with Crippen LogP contribution in [-0.2, 0) is 9.47 Å². The number of benzene rings is 1. The second-order valence-electron chi connectivity index (χ2n) is 8.50. The van der Waals surface area contributed by atoms with Crippen LogP contribution in [0.15, 0.2) is 24.3 Å². The zero-order valence-electron chi connectivity index (χ0n) is 17.2. The first kappa shape index (κ1) is 19.9. The summed E-state index contributed by atoms with van der Waals surface area (Å²) >= 11 is 0. The highest BCUT2D eigenvalue weighted by molar-refractivity contribution is 5.96. The molecule has 2 aliphatic heterocycles. The molecule has 0 bridgehead atoms. The molecule has 1 saturated carbocycles. The fraction of sp³-hybridized carbons (Fsp3) is 0.696. The molecule has 0 atom stereocenters. The number of carbonyl (C=O) groups excluding carboxylic acids is 1. The summed E-state index contributed by atoms with van der Waals surface area (Å²) in [7, 11) is 0. The summed E-state index contributed by atoms with van der Waals surface area (Å²) in [5, 5.41) is 0. The van der Waals surface area contributed by atoms with Crippen molar-refractivity contribution in [2.45, 2.75) is 51.2 Å². The molecular formula is C23H34N2O3. The minimum absolute atomic E-state index is 0.225. The van der Waals surface area contributed by atoms with Gasteiger partial charge in [-0.25, -0.2) is 0 Å². The Hall–Kier alpha value is -1.43. The van der Waals surface area contributed by atoms with Gasteiger partial charge in [-0.05, 0) is 43.9 Å². The molecule has 0 radical (unpaired) electrons. The van der Waals surface area contributed by atoms with Crippen LogP contribution in [0.2, 0.25) is 0 Å². The Morgan fingerprint density at radius 2 is 1.82 bits per heavy atom. The van der Waals surface area contributed by atoms with Gasteiger partial charge < -0.3 is 14.4 Å². The molecule has 1 aromatic rings. The van der Waals surface area contributed by atoms with Gasteiger partial charge in [-0.2, -0.15) is 0 Å². The summed E-state index contributed by atoms with van der Waals surface area (Å²) in [6.07, 6.45) is 6.46. The van der Waals surface area contributed by atoms with Crippen LogP contribution in [0.3, 0.4) is 0 Å². The van der Waals surface area contributed by atoms with Gasteiger partial charge in [0.15, 0.2) is 11.6 Å². The van der Waals surface area contributed by atoms with Crippen molar-refractivity contribution in [3.63, 3.8) is 0 Å². The van der Waals surface area contributed by atoms with Crippen LogP contribution in [0, 0.1) is 5.92 Å². The lowest BCUT2D eigenvalue weighted by atomic mass is 9.83. The van der Waals surface area contributed by atoms with Crippen molar-refractivity contribution >= 4 is 11.5 Å². The Morgan fingerprint density at radius 1 is 1.11 bits per heavy atom. The molecule has 5 heteroatoms. The van der Waals surface area contributed by atoms with Crippen LogP contribution in [0.25, 0.3) is 0 Å². The van der Waals surface area contributed by atoms with E-state index in [4.69, 9.17) is 9.47 Å². The van der Waals surface area contributed by atoms with Crippen LogP contribution < -0.4 is 4.90 Å². The predicted molar refractivity (Wildman–Crippen MR) is 111 cm³/mol. The van der Waals surface area contributed by atoms with Gasteiger partial charge in [-0.1, -0.05) is 19.1 Å². The fourth-order valence-corrected chi connectivity index (χ4v) is 4.87. The molecule has 5 nitrogen and oxygen atoms in total. The van der Waals surface area contributed by atoms with E-state index in [2.05, 4.69) is 21.9 Å². The molecule has 0 N–H and O–H groups in total. The quantitative estimate of drug-likeness (QED) is 0.697. The highest BCUT2D eigenvalue weighted by Crippen LogP contribution is 2.39. The largest absolute Gasteiger partial charge is 0.369 e. The number of hydrogen-bond donors (Lipinski definition) is 0. The number of nitrogens with zero attached hydrogens (tertiary/aromatic N) is 2. The number of hydrogen-bond acceptors (Lipinski definition) is 5. The molecule has 154 valence electrons. The van der Waals surface area contributed by atoms with Crippen molar-refractivity contribution in [2.75, 3.05) is 50.8 Å². The number of ether oxygens (including phenoxy) is 2. The van der Waals surface area contributed by atoms with Gasteiger partial charge in [-0.3, -0.25) is 9.69 Å². The molecule has 0 unspecified atom stereocenters. The maximum atomic E-state index is 12.0. The molecule has 1 spiro atoms. The van der Waals surface area contributed by atoms with E-state index in [1.807, 2.05) is 19.1 Å². The minimum atomic E-state index is -0.226. The molecule has 28 heavy (non-hydrogen) atoms. The maximum Gasteiger partial charge on any atom is 0.168 e. The summed E-state index contributed by atoms with van der Waals surface area (Å²) in [5.41, 5.74) is 2.03. The van der Waals surface area contributed by atoms with E-state index >= 15 is 0 Å². The third-order valence-electron chi connectivity index (χ3n) is 6.76. The predicted octanol–water partition coefficient (Wildman–Crippen LogP) is 3.72. The number of ketones is 1. The minimum Gasteiger partial charge on any atom is -0.369 e. The van der Waals surface area contributed by atoms with Gasteiger partial charge in [0.25, 0.3) is 0 Å². The fourth-order valence-electron chi connectivity index (χ4n) is 4.87. The summed E-state index contributed by atoms with van der Waals surface area (Å²) in [6.45, 7) is 8.95. The Balaban J connectivity index is 1.20. The molecule has 1 aliphatic carbocycles. The topological polar surface area (TPSA) is 42.0 Å². The van der Waals surface area contributed by atoms with E-state index in [9.17, 15) is 4.79 Å². The Bertz CT molecular complexity index is 654. The second kappa shape index (κ2) is 8.93. The van der Waals surface area contributed by atoms with Crippen molar-refractivity contribution in [3.8, 4) is 0 Å². The molecule has 4 rings (SSSR count). The zero-order valence-corrected chi connectivity index (χ0v) is 17.2. The molecule has 2 saturated heterocycles. The van der Waals surface area contributed by atoms with E-state index in [1.54, 1.807) is 0 Å². The average Bonchev–Trinajstić information content (AvgIpc) is 3.21. The first-order valence-electron chi connectivity index (χ1n) is 11.1. The first-order chi connectivity index (χ1) is 13.7. The SMILES string of the molecule is CCC(=O)c1cccc(N2CCN(CCC3CCC4(CC3)OCCO4)CC2)c1. The highest BCUT2D eigenvalue weighted by atomic mass is 16.7. The van der Waals surface area contributed by atoms with Gasteiger partial charge in [0.2, 0.25) is 0 Å². The number of carbonyl (C=O) groups is 1. The van der Waals surface area contributed by atoms with Crippen LogP contribution in [0.5, 0.6) is 0 Å². The lowest BCUT2D eigenvalue weighted by Gasteiger charge is -2.38. The normalized spacial score (nSPS) is 23.4. The molecular weight excluding hydrogens is 352 g/mol. The van der Waals surface area contributed by atoms with E-state index < -0.39 is 0 Å². The molecule has 1 aromatic carbocycles. The average molecular weight is 387 g/mol. The van der Waals surface area contributed by atoms with Crippen molar-refractivity contribution < 1.29 is 14.3 Å². The first-order valence-corrected chi connectivity index (χ1v) is 11.1. The highest BCUT2D eigenvalue weighted by Gasteiger charge is 2.40. The Morgan fingerprint density at radius 3 is 2.50 bits per heavy atom. The summed E-state index contributed by atoms with van der Waals surface area (Å²) in [6, 6.07) is 8.14. The lowest BCUT2D eigenvalue weighted by molar-refractivity contribution is -0.182. The second-order valence-corrected chi connectivity index (χ2v) is 8.50. The van der Waals surface area contributed by atoms with Gasteiger partial charge in [0.05, 0.1) is 13.2 Å².